The molecule has 0 heterocycles. The first kappa shape index (κ1) is 10.0. The minimum atomic E-state index is -0.113. The number of rotatable bonds is 1. The summed E-state index contributed by atoms with van der Waals surface area (Å²) in [5.74, 6) is 0. The van der Waals surface area contributed by atoms with Crippen molar-refractivity contribution in [3.05, 3.63) is 34.3 Å². The number of benzene rings is 1. The smallest absolute Gasteiger partial charge is 0.0902 e. The third kappa shape index (κ3) is 1.55. The largest absolute Gasteiger partial charge is 0.374 e. The summed E-state index contributed by atoms with van der Waals surface area (Å²) < 4.78 is 5.60. The molecule has 1 aliphatic rings. The first-order chi connectivity index (χ1) is 6.65. The van der Waals surface area contributed by atoms with Gasteiger partial charge in [-0.3, -0.25) is 0 Å². The first-order valence-corrected chi connectivity index (χ1v) is 5.37. The Balaban J connectivity index is 2.50. The molecule has 0 fully saturated rings. The lowest BCUT2D eigenvalue weighted by molar-refractivity contribution is -0.0125. The molecule has 0 N–H and O–H groups in total. The molecule has 0 radical (unpaired) electrons. The summed E-state index contributed by atoms with van der Waals surface area (Å²) in [6.07, 6.45) is 3.39. The standard InChI is InChI=1S/C12H15ClO/c1-12(14-2)7-3-4-9-8-10(13)5-6-11(9)12/h5-6,8H,3-4,7H2,1-2H3. The highest BCUT2D eigenvalue weighted by molar-refractivity contribution is 6.30. The van der Waals surface area contributed by atoms with Gasteiger partial charge in [-0.2, -0.15) is 0 Å². The lowest BCUT2D eigenvalue weighted by atomic mass is 9.80. The maximum Gasteiger partial charge on any atom is 0.0902 e. The third-order valence-corrected chi connectivity index (χ3v) is 3.42. The van der Waals surface area contributed by atoms with Crippen molar-refractivity contribution in [3.63, 3.8) is 0 Å². The monoisotopic (exact) mass is 210 g/mol. The summed E-state index contributed by atoms with van der Waals surface area (Å²) in [5.41, 5.74) is 2.53. The molecule has 14 heavy (non-hydrogen) atoms. The van der Waals surface area contributed by atoms with Gasteiger partial charge in [0.25, 0.3) is 0 Å². The van der Waals surface area contributed by atoms with E-state index >= 15 is 0 Å². The van der Waals surface area contributed by atoms with E-state index in [9.17, 15) is 0 Å². The molecule has 2 heteroatoms. The van der Waals surface area contributed by atoms with Gasteiger partial charge in [0.2, 0.25) is 0 Å². The van der Waals surface area contributed by atoms with Crippen LogP contribution in [-0.4, -0.2) is 7.11 Å². The Morgan fingerprint density at radius 1 is 1.43 bits per heavy atom. The zero-order valence-corrected chi connectivity index (χ0v) is 9.40. The van der Waals surface area contributed by atoms with Crippen LogP contribution in [0, 0.1) is 0 Å². The quantitative estimate of drug-likeness (QED) is 0.689. The summed E-state index contributed by atoms with van der Waals surface area (Å²) >= 11 is 5.97. The topological polar surface area (TPSA) is 9.23 Å². The Morgan fingerprint density at radius 3 is 2.93 bits per heavy atom. The minimum Gasteiger partial charge on any atom is -0.374 e. The van der Waals surface area contributed by atoms with Crippen LogP contribution in [-0.2, 0) is 16.8 Å². The second-order valence-electron chi connectivity index (χ2n) is 4.09. The predicted molar refractivity (Wildman–Crippen MR) is 58.8 cm³/mol. The second-order valence-corrected chi connectivity index (χ2v) is 4.53. The molecule has 0 saturated heterocycles. The SMILES string of the molecule is COC1(C)CCCc2cc(Cl)ccc21. The fourth-order valence-corrected chi connectivity index (χ4v) is 2.44. The summed E-state index contributed by atoms with van der Waals surface area (Å²) in [5, 5.41) is 0.823. The number of halogens is 1. The second kappa shape index (κ2) is 3.56. The molecule has 2 rings (SSSR count). The van der Waals surface area contributed by atoms with Crippen LogP contribution < -0.4 is 0 Å². The minimum absolute atomic E-state index is 0.113. The first-order valence-electron chi connectivity index (χ1n) is 5.00. The number of hydrogen-bond donors (Lipinski definition) is 0. The molecule has 0 aromatic heterocycles. The summed E-state index contributed by atoms with van der Waals surface area (Å²) in [6.45, 7) is 2.15. The molecular weight excluding hydrogens is 196 g/mol. The van der Waals surface area contributed by atoms with Crippen LogP contribution in [0.1, 0.15) is 30.9 Å². The van der Waals surface area contributed by atoms with E-state index in [1.54, 1.807) is 7.11 Å². The van der Waals surface area contributed by atoms with Gasteiger partial charge in [0, 0.05) is 12.1 Å². The van der Waals surface area contributed by atoms with E-state index in [0.29, 0.717) is 0 Å². The number of hydrogen-bond acceptors (Lipinski definition) is 1. The van der Waals surface area contributed by atoms with E-state index in [-0.39, 0.29) is 5.60 Å². The van der Waals surface area contributed by atoms with Crippen molar-refractivity contribution in [3.8, 4) is 0 Å². The van der Waals surface area contributed by atoms with Crippen LogP contribution in [0.3, 0.4) is 0 Å². The van der Waals surface area contributed by atoms with E-state index in [2.05, 4.69) is 19.1 Å². The van der Waals surface area contributed by atoms with E-state index < -0.39 is 0 Å². The van der Waals surface area contributed by atoms with Gasteiger partial charge in [-0.15, -0.1) is 0 Å². The highest BCUT2D eigenvalue weighted by atomic mass is 35.5. The van der Waals surface area contributed by atoms with E-state index in [1.165, 1.54) is 17.5 Å². The van der Waals surface area contributed by atoms with E-state index in [1.807, 2.05) is 6.07 Å². The van der Waals surface area contributed by atoms with Crippen molar-refractivity contribution < 1.29 is 4.74 Å². The number of methoxy groups -OCH3 is 1. The summed E-state index contributed by atoms with van der Waals surface area (Å²) in [4.78, 5) is 0. The molecule has 0 saturated carbocycles. The van der Waals surface area contributed by atoms with Crippen LogP contribution in [0.4, 0.5) is 0 Å². The summed E-state index contributed by atoms with van der Waals surface area (Å²) in [6, 6.07) is 6.11. The van der Waals surface area contributed by atoms with Crippen molar-refractivity contribution in [2.75, 3.05) is 7.11 Å². The zero-order valence-electron chi connectivity index (χ0n) is 8.64. The van der Waals surface area contributed by atoms with Gasteiger partial charge < -0.3 is 4.74 Å². The highest BCUT2D eigenvalue weighted by Crippen LogP contribution is 2.38. The fourth-order valence-electron chi connectivity index (χ4n) is 2.25. The molecule has 1 aromatic rings. The average molecular weight is 211 g/mol. The molecule has 1 aromatic carbocycles. The van der Waals surface area contributed by atoms with Gasteiger partial charge in [0.1, 0.15) is 0 Å². The van der Waals surface area contributed by atoms with Gasteiger partial charge in [-0.1, -0.05) is 17.7 Å². The molecule has 76 valence electrons. The van der Waals surface area contributed by atoms with Crippen molar-refractivity contribution in [1.29, 1.82) is 0 Å². The fraction of sp³-hybridized carbons (Fsp3) is 0.500. The van der Waals surface area contributed by atoms with Gasteiger partial charge in [0.05, 0.1) is 5.60 Å². The maximum atomic E-state index is 5.97. The molecule has 1 aliphatic carbocycles. The Morgan fingerprint density at radius 2 is 2.21 bits per heavy atom. The van der Waals surface area contributed by atoms with Crippen LogP contribution in [0.2, 0.25) is 5.02 Å². The van der Waals surface area contributed by atoms with E-state index in [0.717, 1.165) is 17.9 Å². The Hall–Kier alpha value is -0.530. The molecule has 0 aliphatic heterocycles. The Kier molecular flexibility index (Phi) is 2.54. The highest BCUT2D eigenvalue weighted by Gasteiger charge is 2.31. The Bertz CT molecular complexity index is 348. The average Bonchev–Trinajstić information content (AvgIpc) is 2.18. The molecule has 1 unspecified atom stereocenters. The predicted octanol–water partition coefficient (Wildman–Crippen LogP) is 3.54. The zero-order chi connectivity index (χ0) is 10.2. The normalized spacial score (nSPS) is 25.9. The Labute approximate surface area is 90.0 Å². The van der Waals surface area contributed by atoms with E-state index in [4.69, 9.17) is 16.3 Å². The molecule has 1 nitrogen and oxygen atoms in total. The molecule has 0 spiro atoms. The third-order valence-electron chi connectivity index (χ3n) is 3.19. The maximum absolute atomic E-state index is 5.97. The van der Waals surface area contributed by atoms with Crippen LogP contribution >= 0.6 is 11.6 Å². The number of ether oxygens (including phenoxy) is 1. The lowest BCUT2D eigenvalue weighted by Gasteiger charge is -2.34. The van der Waals surface area contributed by atoms with Crippen molar-refractivity contribution in [2.24, 2.45) is 0 Å². The molecule has 1 atom stereocenters. The lowest BCUT2D eigenvalue weighted by Crippen LogP contribution is -2.29. The van der Waals surface area contributed by atoms with Gasteiger partial charge in [-0.25, -0.2) is 0 Å². The molecule has 0 amide bonds. The number of aryl methyl sites for hydroxylation is 1. The van der Waals surface area contributed by atoms with Crippen molar-refractivity contribution in [1.82, 2.24) is 0 Å². The summed E-state index contributed by atoms with van der Waals surface area (Å²) in [7, 11) is 1.78. The van der Waals surface area contributed by atoms with Gasteiger partial charge in [-0.05, 0) is 49.4 Å². The molecule has 0 bridgehead atoms. The van der Waals surface area contributed by atoms with Crippen LogP contribution in [0.15, 0.2) is 18.2 Å². The number of fused-ring (bicyclic) bond motifs is 1. The molecular formula is C12H15ClO. The van der Waals surface area contributed by atoms with Crippen LogP contribution in [0.25, 0.3) is 0 Å². The van der Waals surface area contributed by atoms with Crippen molar-refractivity contribution in [2.45, 2.75) is 31.8 Å². The van der Waals surface area contributed by atoms with Crippen LogP contribution in [0.5, 0.6) is 0 Å². The van der Waals surface area contributed by atoms with Gasteiger partial charge in [0.15, 0.2) is 0 Å². The van der Waals surface area contributed by atoms with Crippen molar-refractivity contribution >= 4 is 11.6 Å². The van der Waals surface area contributed by atoms with Gasteiger partial charge >= 0.3 is 0 Å².